The molecule has 1 N–H and O–H groups in total. The van der Waals surface area contributed by atoms with Crippen LogP contribution in [-0.2, 0) is 9.59 Å². The van der Waals surface area contributed by atoms with Gasteiger partial charge in [0.25, 0.3) is 0 Å². The summed E-state index contributed by atoms with van der Waals surface area (Å²) in [6.07, 6.45) is 0.624. The topological polar surface area (TPSA) is 52.7 Å². The van der Waals surface area contributed by atoms with Crippen LogP contribution in [0, 0.1) is 5.92 Å². The Kier molecular flexibility index (Phi) is 5.42. The van der Waals surface area contributed by atoms with Gasteiger partial charge in [-0.05, 0) is 25.6 Å². The third kappa shape index (κ3) is 3.25. The van der Waals surface area contributed by atoms with Gasteiger partial charge in [-0.3, -0.25) is 9.59 Å². The van der Waals surface area contributed by atoms with Gasteiger partial charge >= 0.3 is 0 Å². The Hall–Kier alpha value is -1.59. The highest BCUT2D eigenvalue weighted by Gasteiger charge is 2.38. The molecule has 6 heteroatoms. The Morgan fingerprint density at radius 2 is 2.18 bits per heavy atom. The molecular weight excluding hydrogens is 302 g/mol. The SMILES string of the molecule is CNCC(C)C(=O)N(C)C1CCN(c2ccccc2Cl)C1=O. The molecule has 1 aromatic rings. The average molecular weight is 324 g/mol. The quantitative estimate of drug-likeness (QED) is 0.898. The van der Waals surface area contributed by atoms with Crippen LogP contribution in [0.15, 0.2) is 24.3 Å². The van der Waals surface area contributed by atoms with E-state index in [9.17, 15) is 9.59 Å². The number of halogens is 1. The summed E-state index contributed by atoms with van der Waals surface area (Å²) < 4.78 is 0. The number of benzene rings is 1. The molecule has 1 aliphatic rings. The van der Waals surface area contributed by atoms with E-state index in [0.29, 0.717) is 30.2 Å². The van der Waals surface area contributed by atoms with E-state index < -0.39 is 6.04 Å². The van der Waals surface area contributed by atoms with Gasteiger partial charge in [0.1, 0.15) is 6.04 Å². The summed E-state index contributed by atoms with van der Waals surface area (Å²) in [6.45, 7) is 3.03. The summed E-state index contributed by atoms with van der Waals surface area (Å²) in [5, 5.41) is 3.54. The maximum atomic E-state index is 12.6. The molecule has 2 rings (SSSR count). The van der Waals surface area contributed by atoms with Gasteiger partial charge < -0.3 is 15.1 Å². The number of hydrogen-bond acceptors (Lipinski definition) is 3. The molecule has 1 heterocycles. The maximum absolute atomic E-state index is 12.6. The Balaban J connectivity index is 2.11. The number of anilines is 1. The standard InChI is InChI=1S/C16H22ClN3O2/c1-11(10-18-2)15(21)19(3)14-8-9-20(16(14)22)13-7-5-4-6-12(13)17/h4-7,11,14,18H,8-10H2,1-3H3. The second kappa shape index (κ2) is 7.11. The summed E-state index contributed by atoms with van der Waals surface area (Å²) in [5.41, 5.74) is 0.709. The Bertz CT molecular complexity index is 564. The highest BCUT2D eigenvalue weighted by Crippen LogP contribution is 2.30. The molecule has 0 aliphatic carbocycles. The van der Waals surface area contributed by atoms with E-state index in [4.69, 9.17) is 11.6 Å². The first-order chi connectivity index (χ1) is 10.5. The Morgan fingerprint density at radius 3 is 2.82 bits per heavy atom. The minimum absolute atomic E-state index is 0.0197. The Morgan fingerprint density at radius 1 is 1.50 bits per heavy atom. The second-order valence-corrected chi connectivity index (χ2v) is 6.06. The molecular formula is C16H22ClN3O2. The van der Waals surface area contributed by atoms with E-state index in [0.717, 1.165) is 0 Å². The van der Waals surface area contributed by atoms with Crippen molar-refractivity contribution in [2.24, 2.45) is 5.92 Å². The summed E-state index contributed by atoms with van der Waals surface area (Å²) >= 11 is 6.17. The van der Waals surface area contributed by atoms with Crippen LogP contribution in [0.3, 0.4) is 0 Å². The predicted molar refractivity (Wildman–Crippen MR) is 88.1 cm³/mol. The first-order valence-corrected chi connectivity index (χ1v) is 7.82. The molecule has 120 valence electrons. The lowest BCUT2D eigenvalue weighted by molar-refractivity contribution is -0.139. The highest BCUT2D eigenvalue weighted by molar-refractivity contribution is 6.34. The number of carbonyl (C=O) groups is 2. The van der Waals surface area contributed by atoms with Crippen molar-refractivity contribution < 1.29 is 9.59 Å². The molecule has 1 saturated heterocycles. The van der Waals surface area contributed by atoms with Gasteiger partial charge in [-0.1, -0.05) is 30.7 Å². The van der Waals surface area contributed by atoms with Crippen LogP contribution < -0.4 is 10.2 Å². The smallest absolute Gasteiger partial charge is 0.249 e. The summed E-state index contributed by atoms with van der Waals surface area (Å²) in [5.74, 6) is -0.244. The van der Waals surface area contributed by atoms with Gasteiger partial charge in [0.2, 0.25) is 11.8 Å². The molecule has 5 nitrogen and oxygen atoms in total. The number of para-hydroxylation sites is 1. The molecule has 0 saturated carbocycles. The summed E-state index contributed by atoms with van der Waals surface area (Å²) in [4.78, 5) is 28.2. The third-order valence-electron chi connectivity index (χ3n) is 4.07. The van der Waals surface area contributed by atoms with E-state index in [1.165, 1.54) is 0 Å². The lowest BCUT2D eigenvalue weighted by atomic mass is 10.1. The first kappa shape index (κ1) is 16.8. The molecule has 0 radical (unpaired) electrons. The zero-order chi connectivity index (χ0) is 16.3. The monoisotopic (exact) mass is 323 g/mol. The van der Waals surface area contributed by atoms with Crippen molar-refractivity contribution in [1.82, 2.24) is 10.2 Å². The van der Waals surface area contributed by atoms with E-state index in [1.807, 2.05) is 32.2 Å². The fraction of sp³-hybridized carbons (Fsp3) is 0.500. The van der Waals surface area contributed by atoms with Crippen LogP contribution in [0.25, 0.3) is 0 Å². The number of amides is 2. The van der Waals surface area contributed by atoms with Crippen LogP contribution in [0.5, 0.6) is 0 Å². The van der Waals surface area contributed by atoms with Crippen molar-refractivity contribution in [3.63, 3.8) is 0 Å². The lowest BCUT2D eigenvalue weighted by Gasteiger charge is -2.26. The zero-order valence-corrected chi connectivity index (χ0v) is 13.9. The van der Waals surface area contributed by atoms with Crippen molar-refractivity contribution in [2.45, 2.75) is 19.4 Å². The van der Waals surface area contributed by atoms with Crippen molar-refractivity contribution in [2.75, 3.05) is 32.1 Å². The highest BCUT2D eigenvalue weighted by atomic mass is 35.5. The number of carbonyl (C=O) groups excluding carboxylic acids is 2. The number of rotatable bonds is 5. The van der Waals surface area contributed by atoms with E-state index in [2.05, 4.69) is 5.32 Å². The van der Waals surface area contributed by atoms with Gasteiger partial charge in [0.05, 0.1) is 10.7 Å². The molecule has 1 aliphatic heterocycles. The molecule has 0 bridgehead atoms. The van der Waals surface area contributed by atoms with Crippen LogP contribution in [-0.4, -0.2) is 49.9 Å². The summed E-state index contributed by atoms with van der Waals surface area (Å²) in [7, 11) is 3.51. The van der Waals surface area contributed by atoms with Crippen molar-refractivity contribution in [3.8, 4) is 0 Å². The number of likely N-dealkylation sites (N-methyl/N-ethyl adjacent to an activating group) is 1. The molecule has 1 fully saturated rings. The molecule has 2 amide bonds. The summed E-state index contributed by atoms with van der Waals surface area (Å²) in [6, 6.07) is 6.86. The van der Waals surface area contributed by atoms with Gasteiger partial charge in [0.15, 0.2) is 0 Å². The molecule has 0 spiro atoms. The third-order valence-corrected chi connectivity index (χ3v) is 4.39. The molecule has 2 atom stereocenters. The van der Waals surface area contributed by atoms with E-state index >= 15 is 0 Å². The average Bonchev–Trinajstić information content (AvgIpc) is 2.88. The largest absolute Gasteiger partial charge is 0.333 e. The van der Waals surface area contributed by atoms with Crippen molar-refractivity contribution in [1.29, 1.82) is 0 Å². The van der Waals surface area contributed by atoms with Gasteiger partial charge in [-0.2, -0.15) is 0 Å². The van der Waals surface area contributed by atoms with E-state index in [-0.39, 0.29) is 17.7 Å². The van der Waals surface area contributed by atoms with Crippen LogP contribution in [0.2, 0.25) is 5.02 Å². The number of nitrogens with zero attached hydrogens (tertiary/aromatic N) is 2. The maximum Gasteiger partial charge on any atom is 0.249 e. The minimum atomic E-state index is -0.414. The first-order valence-electron chi connectivity index (χ1n) is 7.44. The van der Waals surface area contributed by atoms with Crippen LogP contribution >= 0.6 is 11.6 Å². The Labute approximate surface area is 136 Å². The van der Waals surface area contributed by atoms with Crippen LogP contribution in [0.1, 0.15) is 13.3 Å². The normalized spacial score (nSPS) is 19.4. The predicted octanol–water partition coefficient (Wildman–Crippen LogP) is 1.76. The fourth-order valence-electron chi connectivity index (χ4n) is 2.83. The number of hydrogen-bond donors (Lipinski definition) is 1. The molecule has 22 heavy (non-hydrogen) atoms. The van der Waals surface area contributed by atoms with Crippen LogP contribution in [0.4, 0.5) is 5.69 Å². The molecule has 1 aromatic carbocycles. The van der Waals surface area contributed by atoms with Crippen molar-refractivity contribution >= 4 is 29.1 Å². The second-order valence-electron chi connectivity index (χ2n) is 5.65. The van der Waals surface area contributed by atoms with Gasteiger partial charge in [-0.15, -0.1) is 0 Å². The van der Waals surface area contributed by atoms with Gasteiger partial charge in [0, 0.05) is 26.1 Å². The molecule has 2 unspecified atom stereocenters. The van der Waals surface area contributed by atoms with Crippen molar-refractivity contribution in [3.05, 3.63) is 29.3 Å². The van der Waals surface area contributed by atoms with Gasteiger partial charge in [-0.25, -0.2) is 0 Å². The van der Waals surface area contributed by atoms with E-state index in [1.54, 1.807) is 22.9 Å². The molecule has 0 aromatic heterocycles. The number of nitrogens with one attached hydrogen (secondary N) is 1. The zero-order valence-electron chi connectivity index (χ0n) is 13.2. The lowest BCUT2D eigenvalue weighted by Crippen LogP contribution is -2.46. The minimum Gasteiger partial charge on any atom is -0.333 e. The fourth-order valence-corrected chi connectivity index (χ4v) is 3.07.